The Morgan fingerprint density at radius 2 is 2.19 bits per heavy atom. The van der Waals surface area contributed by atoms with Crippen molar-refractivity contribution in [1.82, 2.24) is 4.90 Å². The number of hydrogen-bond acceptors (Lipinski definition) is 5. The lowest BCUT2D eigenvalue weighted by atomic mass is 9.88. The van der Waals surface area contributed by atoms with Gasteiger partial charge in [0, 0.05) is 18.7 Å². The second-order valence-corrected chi connectivity index (χ2v) is 5.11. The zero-order valence-electron chi connectivity index (χ0n) is 11.2. The number of aliphatic hydroxyl groups excluding tert-OH is 1. The summed E-state index contributed by atoms with van der Waals surface area (Å²) in [4.78, 5) is 35.6. The van der Waals surface area contributed by atoms with E-state index in [0.717, 1.165) is 5.56 Å². The highest BCUT2D eigenvalue weighted by Crippen LogP contribution is 2.42. The molecule has 1 amide bonds. The molecule has 2 aliphatic heterocycles. The molecule has 1 unspecified atom stereocenters. The Kier molecular flexibility index (Phi) is 2.79. The molecule has 3 rings (SSSR count). The van der Waals surface area contributed by atoms with Crippen LogP contribution in [0, 0.1) is 10.1 Å². The Balaban J connectivity index is 2.20. The van der Waals surface area contributed by atoms with E-state index in [9.17, 15) is 24.8 Å². The smallest absolute Gasteiger partial charge is 0.290 e. The molecule has 0 aromatic heterocycles. The number of Topliss-reactive ketones (excluding diaryl/α,β-unsaturated/α-hetero) is 1. The van der Waals surface area contributed by atoms with Gasteiger partial charge in [0.05, 0.1) is 16.5 Å². The van der Waals surface area contributed by atoms with Crippen LogP contribution in [-0.4, -0.2) is 33.2 Å². The number of benzene rings is 1. The molecule has 0 spiro atoms. The molecule has 0 fully saturated rings. The summed E-state index contributed by atoms with van der Waals surface area (Å²) in [5.74, 6) is -1.55. The van der Waals surface area contributed by atoms with Crippen molar-refractivity contribution in [3.63, 3.8) is 0 Å². The van der Waals surface area contributed by atoms with Crippen LogP contribution in [0.1, 0.15) is 24.1 Å². The lowest BCUT2D eigenvalue weighted by molar-refractivity contribution is -0.385. The third-order valence-corrected chi connectivity index (χ3v) is 3.94. The number of nitro benzene ring substituents is 1. The summed E-state index contributed by atoms with van der Waals surface area (Å²) < 4.78 is 0. The molecule has 0 saturated heterocycles. The second-order valence-electron chi connectivity index (χ2n) is 5.11. The lowest BCUT2D eigenvalue weighted by Crippen LogP contribution is -2.36. The first-order chi connectivity index (χ1) is 9.91. The first-order valence-corrected chi connectivity index (χ1v) is 6.44. The van der Waals surface area contributed by atoms with E-state index < -0.39 is 28.4 Å². The number of aliphatic hydroxyl groups is 1. The van der Waals surface area contributed by atoms with Crippen molar-refractivity contribution in [2.75, 3.05) is 6.54 Å². The van der Waals surface area contributed by atoms with Gasteiger partial charge in [-0.2, -0.15) is 0 Å². The summed E-state index contributed by atoms with van der Waals surface area (Å²) in [6, 6.07) is 3.70. The van der Waals surface area contributed by atoms with Crippen LogP contribution in [0.15, 0.2) is 29.5 Å². The molecule has 1 aromatic carbocycles. The monoisotopic (exact) mass is 288 g/mol. The molecule has 1 aromatic rings. The molecule has 21 heavy (non-hydrogen) atoms. The number of fused-ring (bicyclic) bond motifs is 3. The van der Waals surface area contributed by atoms with E-state index in [2.05, 4.69) is 0 Å². The normalized spacial score (nSPS) is 20.3. The summed E-state index contributed by atoms with van der Waals surface area (Å²) >= 11 is 0. The highest BCUT2D eigenvalue weighted by Gasteiger charge is 2.45. The van der Waals surface area contributed by atoms with Crippen LogP contribution in [0.25, 0.3) is 0 Å². The van der Waals surface area contributed by atoms with Crippen molar-refractivity contribution in [1.29, 1.82) is 0 Å². The fourth-order valence-electron chi connectivity index (χ4n) is 2.99. The molecule has 7 nitrogen and oxygen atoms in total. The molecule has 0 bridgehead atoms. The van der Waals surface area contributed by atoms with Gasteiger partial charge in [-0.25, -0.2) is 0 Å². The number of nitro groups is 1. The average molecular weight is 288 g/mol. The fourth-order valence-corrected chi connectivity index (χ4v) is 2.99. The molecule has 2 heterocycles. The number of rotatable bonds is 2. The average Bonchev–Trinajstić information content (AvgIpc) is 2.71. The van der Waals surface area contributed by atoms with E-state index in [1.807, 2.05) is 0 Å². The number of carbonyl (C=O) groups excluding carboxylic acids is 2. The van der Waals surface area contributed by atoms with Gasteiger partial charge in [0.25, 0.3) is 11.6 Å². The van der Waals surface area contributed by atoms with Crippen LogP contribution >= 0.6 is 0 Å². The van der Waals surface area contributed by atoms with Crippen molar-refractivity contribution in [2.45, 2.75) is 19.4 Å². The Labute approximate surface area is 119 Å². The summed E-state index contributed by atoms with van der Waals surface area (Å²) in [6.45, 7) is 1.64. The van der Waals surface area contributed by atoms with Crippen molar-refractivity contribution >= 4 is 17.4 Å². The maximum absolute atomic E-state index is 12.0. The van der Waals surface area contributed by atoms with E-state index in [-0.39, 0.29) is 11.3 Å². The fraction of sp³-hybridized carbons (Fsp3) is 0.286. The summed E-state index contributed by atoms with van der Waals surface area (Å²) in [6.07, 6.45) is 0.536. The summed E-state index contributed by atoms with van der Waals surface area (Å²) in [5.41, 5.74) is 1.31. The van der Waals surface area contributed by atoms with Gasteiger partial charge >= 0.3 is 0 Å². The summed E-state index contributed by atoms with van der Waals surface area (Å²) in [5, 5.41) is 20.8. The molecule has 2 aliphatic rings. The number of non-ortho nitro benzene ring substituents is 1. The van der Waals surface area contributed by atoms with Gasteiger partial charge in [-0.05, 0) is 24.5 Å². The largest absolute Gasteiger partial charge is 0.503 e. The van der Waals surface area contributed by atoms with Gasteiger partial charge in [0.15, 0.2) is 11.5 Å². The molecular formula is C14H12N2O5. The molecule has 0 saturated carbocycles. The zero-order valence-corrected chi connectivity index (χ0v) is 11.2. The van der Waals surface area contributed by atoms with E-state index in [1.54, 1.807) is 6.07 Å². The number of hydrogen-bond donors (Lipinski definition) is 1. The van der Waals surface area contributed by atoms with Crippen LogP contribution in [0.3, 0.4) is 0 Å². The lowest BCUT2D eigenvalue weighted by Gasteiger charge is -2.32. The van der Waals surface area contributed by atoms with Gasteiger partial charge in [-0.3, -0.25) is 19.7 Å². The highest BCUT2D eigenvalue weighted by molar-refractivity contribution is 6.08. The van der Waals surface area contributed by atoms with Crippen LogP contribution in [0.5, 0.6) is 0 Å². The highest BCUT2D eigenvalue weighted by atomic mass is 16.6. The van der Waals surface area contributed by atoms with Crippen LogP contribution < -0.4 is 0 Å². The van der Waals surface area contributed by atoms with Gasteiger partial charge in [-0.15, -0.1) is 0 Å². The molecular weight excluding hydrogens is 276 g/mol. The van der Waals surface area contributed by atoms with Gasteiger partial charge in [-0.1, -0.05) is 6.07 Å². The predicted molar refractivity (Wildman–Crippen MR) is 71.6 cm³/mol. The van der Waals surface area contributed by atoms with Crippen molar-refractivity contribution < 1.29 is 19.6 Å². The Hall–Kier alpha value is -2.70. The van der Waals surface area contributed by atoms with Crippen LogP contribution in [0.4, 0.5) is 5.69 Å². The quantitative estimate of drug-likeness (QED) is 0.655. The zero-order chi connectivity index (χ0) is 15.3. The minimum absolute atomic E-state index is 0.0152. The third kappa shape index (κ3) is 1.81. The number of nitrogens with zero attached hydrogens (tertiary/aromatic N) is 2. The topological polar surface area (TPSA) is 101 Å². The second kappa shape index (κ2) is 4.41. The standard InChI is InChI=1S/C14H12N2O5/c1-7(17)11-12-10-6-9(16(20)21)3-2-8(10)4-5-15(12)14(19)13(11)18/h2-3,6,12,18H,4-5H2,1H3. The first-order valence-electron chi connectivity index (χ1n) is 6.44. The van der Waals surface area contributed by atoms with Crippen LogP contribution in [0.2, 0.25) is 0 Å². The maximum Gasteiger partial charge on any atom is 0.290 e. The Bertz CT molecular complexity index is 722. The molecule has 7 heteroatoms. The maximum atomic E-state index is 12.0. The first kappa shape index (κ1) is 13.3. The number of carbonyl (C=O) groups is 2. The van der Waals surface area contributed by atoms with Gasteiger partial charge < -0.3 is 10.0 Å². The van der Waals surface area contributed by atoms with E-state index in [0.29, 0.717) is 18.5 Å². The van der Waals surface area contributed by atoms with Crippen molar-refractivity contribution in [3.05, 3.63) is 50.8 Å². The molecule has 1 atom stereocenters. The number of ketones is 1. The SMILES string of the molecule is CC(=O)C1=C(O)C(=O)N2CCc3ccc([N+](=O)[O-])cc3C12. The Morgan fingerprint density at radius 1 is 1.48 bits per heavy atom. The van der Waals surface area contributed by atoms with E-state index in [1.165, 1.54) is 24.0 Å². The predicted octanol–water partition coefficient (Wildman–Crippen LogP) is 1.44. The molecule has 0 radical (unpaired) electrons. The minimum Gasteiger partial charge on any atom is -0.503 e. The van der Waals surface area contributed by atoms with Crippen LogP contribution in [-0.2, 0) is 16.0 Å². The molecule has 0 aliphatic carbocycles. The van der Waals surface area contributed by atoms with Crippen molar-refractivity contribution in [3.8, 4) is 0 Å². The van der Waals surface area contributed by atoms with E-state index in [4.69, 9.17) is 0 Å². The molecule has 1 N–H and O–H groups in total. The Morgan fingerprint density at radius 3 is 2.81 bits per heavy atom. The van der Waals surface area contributed by atoms with Gasteiger partial charge in [0.1, 0.15) is 0 Å². The van der Waals surface area contributed by atoms with Gasteiger partial charge in [0.2, 0.25) is 0 Å². The number of amides is 1. The third-order valence-electron chi connectivity index (χ3n) is 3.94. The van der Waals surface area contributed by atoms with E-state index >= 15 is 0 Å². The van der Waals surface area contributed by atoms with Crippen molar-refractivity contribution in [2.24, 2.45) is 0 Å². The molecule has 108 valence electrons. The minimum atomic E-state index is -0.723. The summed E-state index contributed by atoms with van der Waals surface area (Å²) in [7, 11) is 0.